The molecule has 0 saturated heterocycles. The summed E-state index contributed by atoms with van der Waals surface area (Å²) in [5.74, 6) is 0.919. The minimum atomic E-state index is -0.215. The van der Waals surface area contributed by atoms with Crippen molar-refractivity contribution in [3.63, 3.8) is 0 Å². The number of benzene rings is 1. The number of anilines is 2. The van der Waals surface area contributed by atoms with Crippen molar-refractivity contribution in [2.24, 2.45) is 0 Å². The van der Waals surface area contributed by atoms with Crippen LogP contribution in [-0.4, -0.2) is 40.9 Å². The Morgan fingerprint density at radius 1 is 1.35 bits per heavy atom. The van der Waals surface area contributed by atoms with E-state index in [0.29, 0.717) is 13.1 Å². The fourth-order valence-electron chi connectivity index (χ4n) is 2.21. The molecular formula is C16H24N6O. The summed E-state index contributed by atoms with van der Waals surface area (Å²) in [7, 11) is 2.02. The van der Waals surface area contributed by atoms with E-state index in [-0.39, 0.29) is 6.03 Å². The highest BCUT2D eigenvalue weighted by Crippen LogP contribution is 2.17. The minimum absolute atomic E-state index is 0.215. The van der Waals surface area contributed by atoms with Crippen molar-refractivity contribution in [3.05, 3.63) is 36.4 Å². The van der Waals surface area contributed by atoms with E-state index < -0.39 is 0 Å². The smallest absolute Gasteiger partial charge is 0.319 e. The molecular weight excluding hydrogens is 292 g/mol. The minimum Gasteiger partial charge on any atom is -0.375 e. The average Bonchev–Trinajstić information content (AvgIpc) is 3.01. The molecule has 1 aromatic carbocycles. The van der Waals surface area contributed by atoms with Gasteiger partial charge in [-0.3, -0.25) is 0 Å². The summed E-state index contributed by atoms with van der Waals surface area (Å²) in [4.78, 5) is 14.1. The summed E-state index contributed by atoms with van der Waals surface area (Å²) in [6, 6.07) is 7.57. The first-order valence-electron chi connectivity index (χ1n) is 7.86. The van der Waals surface area contributed by atoms with Gasteiger partial charge in [-0.05, 0) is 25.1 Å². The third-order valence-corrected chi connectivity index (χ3v) is 3.67. The standard InChI is InChI=1S/C16H24N6O/c1-4-15-20-18-12-22(15)10-9-17-16(23)19-13-7-6-8-14(11-13)21(3)5-2/h6-8,11-12H,4-5,9-10H2,1-3H3,(H2,17,19,23). The van der Waals surface area contributed by atoms with Crippen molar-refractivity contribution >= 4 is 17.4 Å². The second kappa shape index (κ2) is 8.17. The molecule has 0 aliphatic carbocycles. The lowest BCUT2D eigenvalue weighted by Gasteiger charge is -2.17. The van der Waals surface area contributed by atoms with Gasteiger partial charge in [-0.25, -0.2) is 4.79 Å². The molecule has 0 atom stereocenters. The number of rotatable bonds is 7. The molecule has 7 nitrogen and oxygen atoms in total. The zero-order valence-corrected chi connectivity index (χ0v) is 13.9. The molecule has 0 aliphatic heterocycles. The molecule has 1 heterocycles. The average molecular weight is 316 g/mol. The van der Waals surface area contributed by atoms with E-state index in [1.54, 1.807) is 6.33 Å². The van der Waals surface area contributed by atoms with Crippen molar-refractivity contribution in [1.29, 1.82) is 0 Å². The maximum Gasteiger partial charge on any atom is 0.319 e. The molecule has 7 heteroatoms. The summed E-state index contributed by atoms with van der Waals surface area (Å²) in [6.45, 7) is 6.20. The molecule has 2 amide bonds. The first-order valence-corrected chi connectivity index (χ1v) is 7.86. The Bertz CT molecular complexity index is 639. The number of nitrogens with zero attached hydrogens (tertiary/aromatic N) is 4. The zero-order chi connectivity index (χ0) is 16.7. The number of carbonyl (C=O) groups is 1. The summed E-state index contributed by atoms with van der Waals surface area (Å²) in [5.41, 5.74) is 1.85. The van der Waals surface area contributed by atoms with Crippen LogP contribution in [0.1, 0.15) is 19.7 Å². The predicted molar refractivity (Wildman–Crippen MR) is 91.8 cm³/mol. The number of hydrogen-bond acceptors (Lipinski definition) is 4. The van der Waals surface area contributed by atoms with Gasteiger partial charge in [-0.15, -0.1) is 10.2 Å². The molecule has 0 unspecified atom stereocenters. The third kappa shape index (κ3) is 4.70. The van der Waals surface area contributed by atoms with Gasteiger partial charge in [-0.2, -0.15) is 0 Å². The van der Waals surface area contributed by atoms with E-state index in [1.807, 2.05) is 42.8 Å². The van der Waals surface area contributed by atoms with Gasteiger partial charge in [0.1, 0.15) is 12.2 Å². The number of aryl methyl sites for hydroxylation is 1. The fourth-order valence-corrected chi connectivity index (χ4v) is 2.21. The van der Waals surface area contributed by atoms with Crippen LogP contribution >= 0.6 is 0 Å². The van der Waals surface area contributed by atoms with Crippen LogP contribution in [0.15, 0.2) is 30.6 Å². The van der Waals surface area contributed by atoms with Gasteiger partial charge in [0, 0.05) is 44.5 Å². The monoisotopic (exact) mass is 316 g/mol. The Hall–Kier alpha value is -2.57. The molecule has 2 rings (SSSR count). The van der Waals surface area contributed by atoms with Crippen LogP contribution in [0.25, 0.3) is 0 Å². The number of amides is 2. The number of urea groups is 1. The highest BCUT2D eigenvalue weighted by atomic mass is 16.2. The Morgan fingerprint density at radius 2 is 2.17 bits per heavy atom. The van der Waals surface area contributed by atoms with Crippen molar-refractivity contribution in [3.8, 4) is 0 Å². The van der Waals surface area contributed by atoms with Gasteiger partial charge in [0.05, 0.1) is 0 Å². The molecule has 2 aromatic rings. The number of nitrogens with one attached hydrogen (secondary N) is 2. The summed E-state index contributed by atoms with van der Waals surface area (Å²) >= 11 is 0. The maximum atomic E-state index is 12.0. The van der Waals surface area contributed by atoms with Gasteiger partial charge < -0.3 is 20.1 Å². The summed E-state index contributed by atoms with van der Waals surface area (Å²) in [6.07, 6.45) is 2.51. The second-order valence-corrected chi connectivity index (χ2v) is 5.24. The first-order chi connectivity index (χ1) is 11.1. The van der Waals surface area contributed by atoms with Crippen LogP contribution in [0.5, 0.6) is 0 Å². The number of aromatic nitrogens is 3. The molecule has 2 N–H and O–H groups in total. The fraction of sp³-hybridized carbons (Fsp3) is 0.438. The van der Waals surface area contributed by atoms with E-state index in [0.717, 1.165) is 30.2 Å². The maximum absolute atomic E-state index is 12.0. The van der Waals surface area contributed by atoms with Gasteiger partial charge >= 0.3 is 6.03 Å². The Morgan fingerprint density at radius 3 is 2.91 bits per heavy atom. The molecule has 23 heavy (non-hydrogen) atoms. The molecule has 0 saturated carbocycles. The van der Waals surface area contributed by atoms with Crippen LogP contribution < -0.4 is 15.5 Å². The van der Waals surface area contributed by atoms with Crippen LogP contribution in [0, 0.1) is 0 Å². The van der Waals surface area contributed by atoms with E-state index in [2.05, 4.69) is 32.7 Å². The third-order valence-electron chi connectivity index (χ3n) is 3.67. The van der Waals surface area contributed by atoms with E-state index >= 15 is 0 Å². The Balaban J connectivity index is 1.83. The zero-order valence-electron chi connectivity index (χ0n) is 13.9. The summed E-state index contributed by atoms with van der Waals surface area (Å²) < 4.78 is 1.94. The van der Waals surface area contributed by atoms with Crippen molar-refractivity contribution in [2.45, 2.75) is 26.8 Å². The summed E-state index contributed by atoms with van der Waals surface area (Å²) in [5, 5.41) is 13.6. The lowest BCUT2D eigenvalue weighted by molar-refractivity contribution is 0.251. The number of carbonyl (C=O) groups excluding carboxylic acids is 1. The lowest BCUT2D eigenvalue weighted by atomic mass is 10.2. The van der Waals surface area contributed by atoms with Gasteiger partial charge in [0.25, 0.3) is 0 Å². The largest absolute Gasteiger partial charge is 0.375 e. The van der Waals surface area contributed by atoms with E-state index in [9.17, 15) is 4.79 Å². The van der Waals surface area contributed by atoms with E-state index in [1.165, 1.54) is 0 Å². The van der Waals surface area contributed by atoms with Crippen molar-refractivity contribution in [2.75, 3.05) is 30.4 Å². The van der Waals surface area contributed by atoms with Crippen LogP contribution in [-0.2, 0) is 13.0 Å². The topological polar surface area (TPSA) is 75.1 Å². The second-order valence-electron chi connectivity index (χ2n) is 5.24. The molecule has 0 aliphatic rings. The van der Waals surface area contributed by atoms with Gasteiger partial charge in [0.15, 0.2) is 0 Å². The molecule has 124 valence electrons. The SMILES string of the molecule is CCc1nncn1CCNC(=O)Nc1cccc(N(C)CC)c1. The lowest BCUT2D eigenvalue weighted by Crippen LogP contribution is -2.31. The predicted octanol–water partition coefficient (Wildman–Crippen LogP) is 2.12. The van der Waals surface area contributed by atoms with Gasteiger partial charge in [-0.1, -0.05) is 13.0 Å². The molecule has 0 spiro atoms. The molecule has 0 bridgehead atoms. The van der Waals surface area contributed by atoms with Crippen LogP contribution in [0.3, 0.4) is 0 Å². The molecule has 0 fully saturated rings. The van der Waals surface area contributed by atoms with Crippen molar-refractivity contribution < 1.29 is 4.79 Å². The van der Waals surface area contributed by atoms with Crippen LogP contribution in [0.4, 0.5) is 16.2 Å². The van der Waals surface area contributed by atoms with E-state index in [4.69, 9.17) is 0 Å². The molecule has 1 aromatic heterocycles. The highest BCUT2D eigenvalue weighted by Gasteiger charge is 2.05. The first kappa shape index (κ1) is 16.8. The molecule has 0 radical (unpaired) electrons. The van der Waals surface area contributed by atoms with Crippen molar-refractivity contribution in [1.82, 2.24) is 20.1 Å². The Kier molecular flexibility index (Phi) is 5.96. The Labute approximate surface area is 136 Å². The highest BCUT2D eigenvalue weighted by molar-refractivity contribution is 5.89. The quantitative estimate of drug-likeness (QED) is 0.820. The number of hydrogen-bond donors (Lipinski definition) is 2. The normalized spacial score (nSPS) is 10.4. The van der Waals surface area contributed by atoms with Gasteiger partial charge in [0.2, 0.25) is 0 Å². The van der Waals surface area contributed by atoms with Crippen LogP contribution in [0.2, 0.25) is 0 Å².